The van der Waals surface area contributed by atoms with Gasteiger partial charge in [-0.2, -0.15) is 0 Å². The van der Waals surface area contributed by atoms with E-state index in [1.165, 1.54) is 0 Å². The van der Waals surface area contributed by atoms with Crippen LogP contribution < -0.4 is 11.1 Å². The summed E-state index contributed by atoms with van der Waals surface area (Å²) in [6.07, 6.45) is 0. The van der Waals surface area contributed by atoms with Crippen molar-refractivity contribution >= 4 is 24.1 Å². The maximum atomic E-state index is 13.1. The third-order valence-electron chi connectivity index (χ3n) is 5.13. The summed E-state index contributed by atoms with van der Waals surface area (Å²) in [5.41, 5.74) is 8.98. The van der Waals surface area contributed by atoms with Crippen LogP contribution in [0.2, 0.25) is 0 Å². The fraction of sp³-hybridized carbons (Fsp3) is 0.200. The molecule has 31 heavy (non-hydrogen) atoms. The molecule has 0 aliphatic carbocycles. The molecule has 5 nitrogen and oxygen atoms in total. The Kier molecular flexibility index (Phi) is 8.37. The summed E-state index contributed by atoms with van der Waals surface area (Å²) in [6.45, 7) is 4.45. The Hall–Kier alpha value is -3.15. The number of benzene rings is 3. The van der Waals surface area contributed by atoms with Gasteiger partial charge in [0.2, 0.25) is 0 Å². The quantitative estimate of drug-likeness (QED) is 0.354. The minimum absolute atomic E-state index is 0. The van der Waals surface area contributed by atoms with Crippen LogP contribution in [0, 0.1) is 5.41 Å². The number of hydrogen-bond acceptors (Lipinski definition) is 3. The van der Waals surface area contributed by atoms with Crippen LogP contribution in [0.4, 0.5) is 0 Å². The van der Waals surface area contributed by atoms with E-state index in [-0.39, 0.29) is 24.1 Å². The second-order valence-corrected chi connectivity index (χ2v) is 7.20. The molecule has 6 heteroatoms. The smallest absolute Gasteiger partial charge is 0.256 e. The summed E-state index contributed by atoms with van der Waals surface area (Å²) >= 11 is 0. The first-order valence-corrected chi connectivity index (χ1v) is 9.95. The van der Waals surface area contributed by atoms with Crippen molar-refractivity contribution in [2.45, 2.75) is 26.0 Å². The molecular formula is C25H28ClN3O2. The number of carbonyl (C=O) groups excluding carboxylic acids is 1. The molecule has 0 aliphatic rings. The van der Waals surface area contributed by atoms with Crippen LogP contribution in [0.5, 0.6) is 0 Å². The SMILES string of the molecule is CCOC(C)(C(=O)NCc1ccc(C(=N)N)cc1)c1ccc(-c2ccccc2)cc1.Cl. The first-order chi connectivity index (χ1) is 14.4. The highest BCUT2D eigenvalue weighted by atomic mass is 35.5. The van der Waals surface area contributed by atoms with E-state index in [1.807, 2.05) is 61.5 Å². The number of rotatable bonds is 8. The summed E-state index contributed by atoms with van der Waals surface area (Å²) in [6, 6.07) is 25.3. The number of amidine groups is 1. The molecule has 1 atom stereocenters. The topological polar surface area (TPSA) is 88.2 Å². The Morgan fingerprint density at radius 2 is 1.55 bits per heavy atom. The number of amides is 1. The third kappa shape index (κ3) is 5.72. The Morgan fingerprint density at radius 3 is 2.10 bits per heavy atom. The summed E-state index contributed by atoms with van der Waals surface area (Å²) in [5.74, 6) is -0.180. The zero-order chi connectivity index (χ0) is 21.6. The number of carbonyl (C=O) groups is 1. The van der Waals surface area contributed by atoms with Gasteiger partial charge < -0.3 is 15.8 Å². The van der Waals surface area contributed by atoms with E-state index in [1.54, 1.807) is 19.1 Å². The van der Waals surface area contributed by atoms with E-state index in [4.69, 9.17) is 15.9 Å². The first kappa shape index (κ1) is 24.1. The van der Waals surface area contributed by atoms with Crippen molar-refractivity contribution in [2.75, 3.05) is 6.61 Å². The molecule has 0 heterocycles. The number of nitrogens with two attached hydrogens (primary N) is 1. The second-order valence-electron chi connectivity index (χ2n) is 7.20. The van der Waals surface area contributed by atoms with Gasteiger partial charge in [-0.05, 0) is 36.1 Å². The van der Waals surface area contributed by atoms with Gasteiger partial charge in [-0.1, -0.05) is 78.9 Å². The monoisotopic (exact) mass is 437 g/mol. The van der Waals surface area contributed by atoms with E-state index < -0.39 is 5.60 Å². The number of ether oxygens (including phenoxy) is 1. The standard InChI is InChI=1S/C25H27N3O2.ClH/c1-3-30-25(2,22-15-13-20(14-16-22)19-7-5-4-6-8-19)24(29)28-17-18-9-11-21(12-10-18)23(26)27;/h4-16H,3,17H2,1-2H3,(H3,26,27)(H,28,29);1H. The van der Waals surface area contributed by atoms with Crippen molar-refractivity contribution < 1.29 is 9.53 Å². The molecule has 0 saturated heterocycles. The zero-order valence-corrected chi connectivity index (χ0v) is 18.5. The van der Waals surface area contributed by atoms with Crippen LogP contribution in [0.1, 0.15) is 30.5 Å². The lowest BCUT2D eigenvalue weighted by Gasteiger charge is -2.29. The average Bonchev–Trinajstić information content (AvgIpc) is 2.78. The number of nitrogens with one attached hydrogen (secondary N) is 2. The highest BCUT2D eigenvalue weighted by Crippen LogP contribution is 2.29. The Bertz CT molecular complexity index is 1010. The van der Waals surface area contributed by atoms with Gasteiger partial charge in [0.1, 0.15) is 5.84 Å². The fourth-order valence-electron chi connectivity index (χ4n) is 3.33. The Morgan fingerprint density at radius 1 is 0.968 bits per heavy atom. The van der Waals surface area contributed by atoms with Crippen LogP contribution >= 0.6 is 12.4 Å². The van der Waals surface area contributed by atoms with Gasteiger partial charge in [-0.3, -0.25) is 10.2 Å². The Balaban J connectivity index is 0.00000341. The number of halogens is 1. The lowest BCUT2D eigenvalue weighted by atomic mass is 9.92. The maximum Gasteiger partial charge on any atom is 0.256 e. The number of hydrogen-bond donors (Lipinski definition) is 3. The molecule has 0 aromatic heterocycles. The van der Waals surface area contributed by atoms with Gasteiger partial charge in [-0.15, -0.1) is 12.4 Å². The lowest BCUT2D eigenvalue weighted by Crippen LogP contribution is -2.44. The molecule has 3 rings (SSSR count). The molecule has 0 aliphatic heterocycles. The minimum atomic E-state index is -1.09. The molecule has 0 fully saturated rings. The van der Waals surface area contributed by atoms with E-state index in [9.17, 15) is 4.79 Å². The van der Waals surface area contributed by atoms with Gasteiger partial charge in [0.25, 0.3) is 5.91 Å². The van der Waals surface area contributed by atoms with Gasteiger partial charge in [0.15, 0.2) is 5.60 Å². The highest BCUT2D eigenvalue weighted by molar-refractivity contribution is 5.94. The van der Waals surface area contributed by atoms with Gasteiger partial charge >= 0.3 is 0 Å². The van der Waals surface area contributed by atoms with Crippen LogP contribution in [0.25, 0.3) is 11.1 Å². The zero-order valence-electron chi connectivity index (χ0n) is 17.7. The van der Waals surface area contributed by atoms with Crippen LogP contribution in [-0.4, -0.2) is 18.3 Å². The largest absolute Gasteiger partial charge is 0.384 e. The summed E-state index contributed by atoms with van der Waals surface area (Å²) < 4.78 is 5.91. The Labute approximate surface area is 189 Å². The van der Waals surface area contributed by atoms with Crippen molar-refractivity contribution in [3.63, 3.8) is 0 Å². The molecule has 0 radical (unpaired) electrons. The van der Waals surface area contributed by atoms with Crippen LogP contribution in [0.3, 0.4) is 0 Å². The molecule has 162 valence electrons. The predicted octanol–water partition coefficient (Wildman–Crippen LogP) is 4.63. The fourth-order valence-corrected chi connectivity index (χ4v) is 3.33. The van der Waals surface area contributed by atoms with Crippen molar-refractivity contribution in [1.82, 2.24) is 5.32 Å². The van der Waals surface area contributed by atoms with E-state index in [0.717, 1.165) is 22.3 Å². The molecule has 0 spiro atoms. The maximum absolute atomic E-state index is 13.1. The highest BCUT2D eigenvalue weighted by Gasteiger charge is 2.35. The molecular weight excluding hydrogens is 410 g/mol. The second kappa shape index (κ2) is 10.8. The van der Waals surface area contributed by atoms with Crippen molar-refractivity contribution in [1.29, 1.82) is 5.41 Å². The lowest BCUT2D eigenvalue weighted by molar-refractivity contribution is -0.146. The number of nitrogen functional groups attached to an aromatic ring is 1. The summed E-state index contributed by atoms with van der Waals surface area (Å²) in [4.78, 5) is 13.1. The molecule has 3 aromatic carbocycles. The minimum Gasteiger partial charge on any atom is -0.384 e. The predicted molar refractivity (Wildman–Crippen MR) is 127 cm³/mol. The third-order valence-corrected chi connectivity index (χ3v) is 5.13. The van der Waals surface area contributed by atoms with Crippen molar-refractivity contribution in [3.05, 3.63) is 95.6 Å². The van der Waals surface area contributed by atoms with Gasteiger partial charge in [0, 0.05) is 18.7 Å². The first-order valence-electron chi connectivity index (χ1n) is 9.95. The van der Waals surface area contributed by atoms with E-state index >= 15 is 0 Å². The molecule has 0 bridgehead atoms. The van der Waals surface area contributed by atoms with Gasteiger partial charge in [0.05, 0.1) is 0 Å². The van der Waals surface area contributed by atoms with Gasteiger partial charge in [-0.25, -0.2) is 0 Å². The molecule has 1 amide bonds. The molecule has 0 saturated carbocycles. The summed E-state index contributed by atoms with van der Waals surface area (Å²) in [7, 11) is 0. The van der Waals surface area contributed by atoms with Crippen molar-refractivity contribution in [2.24, 2.45) is 5.73 Å². The van der Waals surface area contributed by atoms with Crippen LogP contribution in [-0.2, 0) is 21.7 Å². The van der Waals surface area contributed by atoms with Crippen molar-refractivity contribution in [3.8, 4) is 11.1 Å². The normalized spacial score (nSPS) is 12.3. The molecule has 3 aromatic rings. The van der Waals surface area contributed by atoms with Crippen LogP contribution in [0.15, 0.2) is 78.9 Å². The summed E-state index contributed by atoms with van der Waals surface area (Å²) in [5, 5.41) is 10.4. The van der Waals surface area contributed by atoms with E-state index in [2.05, 4.69) is 17.4 Å². The van der Waals surface area contributed by atoms with E-state index in [0.29, 0.717) is 18.7 Å². The average molecular weight is 438 g/mol. The molecule has 4 N–H and O–H groups in total. The molecule has 1 unspecified atom stereocenters.